The molecule has 2 N–H and O–H groups in total. The largest absolute Gasteiger partial charge is 0.494 e. The van der Waals surface area contributed by atoms with Gasteiger partial charge in [0.1, 0.15) is 17.9 Å². The summed E-state index contributed by atoms with van der Waals surface area (Å²) in [7, 11) is 5.34. The number of nitrogens with zero attached hydrogens (tertiary/aromatic N) is 6. The monoisotopic (exact) mass is 622 g/mol. The molecule has 0 aliphatic carbocycles. The number of rotatable bonds is 10. The molecule has 2 aromatic carbocycles. The highest BCUT2D eigenvalue weighted by atomic mass is 16.7. The molecule has 12 heteroatoms. The van der Waals surface area contributed by atoms with Crippen LogP contribution in [0.15, 0.2) is 79.8 Å². The summed E-state index contributed by atoms with van der Waals surface area (Å²) in [6.45, 7) is 7.67. The van der Waals surface area contributed by atoms with Crippen molar-refractivity contribution in [1.82, 2.24) is 19.9 Å². The maximum atomic E-state index is 12.4. The average Bonchev–Trinajstić information content (AvgIpc) is 3.59. The summed E-state index contributed by atoms with van der Waals surface area (Å²) in [5.74, 6) is 2.06. The van der Waals surface area contributed by atoms with Gasteiger partial charge in [-0.3, -0.25) is 9.63 Å². The van der Waals surface area contributed by atoms with Crippen LogP contribution in [0, 0.1) is 0 Å². The summed E-state index contributed by atoms with van der Waals surface area (Å²) < 4.78 is 11.0. The Morgan fingerprint density at radius 3 is 2.57 bits per heavy atom. The third-order valence-corrected chi connectivity index (χ3v) is 8.20. The van der Waals surface area contributed by atoms with E-state index >= 15 is 0 Å². The van der Waals surface area contributed by atoms with E-state index in [0.717, 1.165) is 55.0 Å². The van der Waals surface area contributed by atoms with Crippen molar-refractivity contribution < 1.29 is 19.1 Å². The minimum absolute atomic E-state index is 0.0490. The highest BCUT2D eigenvalue weighted by Gasteiger charge is 2.30. The SMILES string of the molecule is C=CC(=O)Nc1cc(Nc2cc(N3OCCC3c3cccc(-c4ccc(OC)nc4)c3)ncn2)c(OC)cc1N1CCN(C)CC1. The lowest BCUT2D eigenvalue weighted by Crippen LogP contribution is -2.44. The van der Waals surface area contributed by atoms with Gasteiger partial charge in [0, 0.05) is 62.6 Å². The summed E-state index contributed by atoms with van der Waals surface area (Å²) >= 11 is 0. The van der Waals surface area contributed by atoms with Gasteiger partial charge < -0.3 is 29.9 Å². The molecular formula is C34H38N8O4. The van der Waals surface area contributed by atoms with Gasteiger partial charge in [0.2, 0.25) is 11.8 Å². The van der Waals surface area contributed by atoms with Crippen molar-refractivity contribution in [2.45, 2.75) is 12.5 Å². The number of carbonyl (C=O) groups excluding carboxylic acids is 1. The molecule has 0 bridgehead atoms. The topological polar surface area (TPSA) is 117 Å². The van der Waals surface area contributed by atoms with Crippen LogP contribution in [0.1, 0.15) is 18.0 Å². The molecule has 1 atom stereocenters. The van der Waals surface area contributed by atoms with E-state index in [-0.39, 0.29) is 11.9 Å². The van der Waals surface area contributed by atoms with Crippen LogP contribution in [0.5, 0.6) is 11.6 Å². The lowest BCUT2D eigenvalue weighted by Gasteiger charge is -2.35. The summed E-state index contributed by atoms with van der Waals surface area (Å²) in [6.07, 6.45) is 5.37. The van der Waals surface area contributed by atoms with Gasteiger partial charge in [0.05, 0.1) is 43.9 Å². The third kappa shape index (κ3) is 6.72. The molecule has 1 amide bonds. The molecule has 2 aromatic heterocycles. The van der Waals surface area contributed by atoms with E-state index < -0.39 is 0 Å². The Bertz CT molecular complexity index is 1690. The van der Waals surface area contributed by atoms with E-state index in [1.807, 2.05) is 47.7 Å². The smallest absolute Gasteiger partial charge is 0.247 e. The molecular weight excluding hydrogens is 584 g/mol. The number of piperazine rings is 1. The summed E-state index contributed by atoms with van der Waals surface area (Å²) in [6, 6.07) is 17.8. The number of pyridine rings is 1. The molecule has 1 unspecified atom stereocenters. The number of hydroxylamine groups is 1. The average molecular weight is 623 g/mol. The quantitative estimate of drug-likeness (QED) is 0.231. The Hall–Kier alpha value is -5.20. The molecule has 2 aliphatic heterocycles. The number of hydrogen-bond acceptors (Lipinski definition) is 11. The van der Waals surface area contributed by atoms with Crippen LogP contribution in [-0.4, -0.2) is 79.8 Å². The van der Waals surface area contributed by atoms with E-state index in [4.69, 9.17) is 14.3 Å². The molecule has 12 nitrogen and oxygen atoms in total. The fourth-order valence-electron chi connectivity index (χ4n) is 5.70. The first kappa shape index (κ1) is 30.8. The molecule has 0 saturated carbocycles. The molecule has 4 aromatic rings. The van der Waals surface area contributed by atoms with Crippen molar-refractivity contribution in [1.29, 1.82) is 0 Å². The van der Waals surface area contributed by atoms with E-state index in [0.29, 0.717) is 41.2 Å². The molecule has 2 aliphatic rings. The predicted octanol–water partition coefficient (Wildman–Crippen LogP) is 5.06. The van der Waals surface area contributed by atoms with Crippen LogP contribution < -0.4 is 30.1 Å². The second-order valence-corrected chi connectivity index (χ2v) is 11.1. The maximum absolute atomic E-state index is 12.4. The summed E-state index contributed by atoms with van der Waals surface area (Å²) in [4.78, 5) is 36.4. The number of carbonyl (C=O) groups is 1. The highest BCUT2D eigenvalue weighted by Crippen LogP contribution is 2.40. The minimum atomic E-state index is -0.291. The fourth-order valence-corrected chi connectivity index (χ4v) is 5.70. The number of aromatic nitrogens is 3. The lowest BCUT2D eigenvalue weighted by molar-refractivity contribution is -0.111. The lowest BCUT2D eigenvalue weighted by atomic mass is 9.99. The van der Waals surface area contributed by atoms with Gasteiger partial charge in [-0.15, -0.1) is 0 Å². The molecule has 2 fully saturated rings. The van der Waals surface area contributed by atoms with Gasteiger partial charge in [-0.2, -0.15) is 0 Å². The number of ether oxygens (including phenoxy) is 2. The fraction of sp³-hybridized carbons (Fsp3) is 0.294. The van der Waals surface area contributed by atoms with Gasteiger partial charge in [-0.05, 0) is 42.4 Å². The van der Waals surface area contributed by atoms with Gasteiger partial charge in [-0.25, -0.2) is 20.0 Å². The zero-order valence-corrected chi connectivity index (χ0v) is 26.3. The number of nitrogens with one attached hydrogen (secondary N) is 2. The zero-order chi connectivity index (χ0) is 32.0. The third-order valence-electron chi connectivity index (χ3n) is 8.20. The normalized spacial score (nSPS) is 16.6. The molecule has 4 heterocycles. The first-order chi connectivity index (χ1) is 22.4. The molecule has 0 spiro atoms. The van der Waals surface area contributed by atoms with Gasteiger partial charge in [-0.1, -0.05) is 24.8 Å². The Balaban J connectivity index is 1.26. The van der Waals surface area contributed by atoms with Crippen molar-refractivity contribution in [3.63, 3.8) is 0 Å². The van der Waals surface area contributed by atoms with Crippen molar-refractivity contribution in [3.8, 4) is 22.8 Å². The number of methoxy groups -OCH3 is 2. The Morgan fingerprint density at radius 1 is 0.978 bits per heavy atom. The number of likely N-dealkylation sites (N-methyl/N-ethyl adjacent to an activating group) is 1. The molecule has 6 rings (SSSR count). The summed E-state index contributed by atoms with van der Waals surface area (Å²) in [5.41, 5.74) is 5.33. The van der Waals surface area contributed by atoms with Crippen LogP contribution in [0.4, 0.5) is 28.7 Å². The van der Waals surface area contributed by atoms with E-state index in [9.17, 15) is 4.79 Å². The second-order valence-electron chi connectivity index (χ2n) is 11.1. The van der Waals surface area contributed by atoms with Crippen LogP contribution >= 0.6 is 0 Å². The first-order valence-electron chi connectivity index (χ1n) is 15.2. The second kappa shape index (κ2) is 13.8. The highest BCUT2D eigenvalue weighted by molar-refractivity contribution is 6.02. The van der Waals surface area contributed by atoms with Crippen molar-refractivity contribution in [2.24, 2.45) is 0 Å². The Labute approximate surface area is 268 Å². The van der Waals surface area contributed by atoms with Gasteiger partial charge in [0.25, 0.3) is 0 Å². The zero-order valence-electron chi connectivity index (χ0n) is 26.3. The van der Waals surface area contributed by atoms with Gasteiger partial charge >= 0.3 is 0 Å². The van der Waals surface area contributed by atoms with Crippen LogP contribution in [0.25, 0.3) is 11.1 Å². The number of benzene rings is 2. The maximum Gasteiger partial charge on any atom is 0.247 e. The van der Waals surface area contributed by atoms with Crippen LogP contribution in [0.2, 0.25) is 0 Å². The number of amides is 1. The minimum Gasteiger partial charge on any atom is -0.494 e. The van der Waals surface area contributed by atoms with E-state index in [1.54, 1.807) is 14.2 Å². The Morgan fingerprint density at radius 2 is 1.83 bits per heavy atom. The summed E-state index contributed by atoms with van der Waals surface area (Å²) in [5, 5.41) is 8.18. The predicted molar refractivity (Wildman–Crippen MR) is 179 cm³/mol. The molecule has 2 saturated heterocycles. The number of anilines is 5. The standard InChI is InChI=1S/C34H38N8O4/c1-5-33(43)39-26-18-27(30(44-3)19-29(26)41-14-12-40(2)13-15-41)38-31-20-32(37-22-36-31)42-28(11-16-46-42)24-8-6-7-23(17-24)25-9-10-34(45-4)35-21-25/h5-10,17-22,28H,1,11-16H2,2-4H3,(H,39,43)(H,36,37,38). The van der Waals surface area contributed by atoms with Crippen LogP contribution in [0.3, 0.4) is 0 Å². The first-order valence-corrected chi connectivity index (χ1v) is 15.2. The van der Waals surface area contributed by atoms with Crippen molar-refractivity contribution in [3.05, 3.63) is 85.3 Å². The molecule has 46 heavy (non-hydrogen) atoms. The van der Waals surface area contributed by atoms with E-state index in [1.165, 1.54) is 12.4 Å². The molecule has 0 radical (unpaired) electrons. The number of hydrogen-bond donors (Lipinski definition) is 2. The van der Waals surface area contributed by atoms with Crippen LogP contribution in [-0.2, 0) is 9.63 Å². The molecule has 238 valence electrons. The van der Waals surface area contributed by atoms with Gasteiger partial charge in [0.15, 0.2) is 5.82 Å². The van der Waals surface area contributed by atoms with Crippen molar-refractivity contribution >= 4 is 34.6 Å². The van der Waals surface area contributed by atoms with E-state index in [2.05, 4.69) is 67.2 Å². The van der Waals surface area contributed by atoms with Crippen molar-refractivity contribution in [2.75, 3.05) is 74.6 Å². The Kier molecular flexibility index (Phi) is 9.27.